The second-order valence-electron chi connectivity index (χ2n) is 8.79. The van der Waals surface area contributed by atoms with Crippen molar-refractivity contribution < 1.29 is 23.1 Å². The van der Waals surface area contributed by atoms with Crippen LogP contribution in [0.2, 0.25) is 0 Å². The Bertz CT molecular complexity index is 1190. The molecule has 1 N–H and O–H groups in total. The molecule has 7 nitrogen and oxygen atoms in total. The van der Waals surface area contributed by atoms with E-state index in [1.165, 1.54) is 12.1 Å². The average Bonchev–Trinajstić information content (AvgIpc) is 3.35. The summed E-state index contributed by atoms with van der Waals surface area (Å²) in [5.41, 5.74) is 1.33. The van der Waals surface area contributed by atoms with E-state index in [1.807, 2.05) is 11.8 Å². The Balaban J connectivity index is 1.27. The molecule has 0 aliphatic carbocycles. The number of ether oxygens (including phenoxy) is 1. The topological polar surface area (TPSA) is 78.8 Å². The maximum atomic E-state index is 13.5. The molecule has 3 aromatic rings. The van der Waals surface area contributed by atoms with Crippen molar-refractivity contribution in [2.24, 2.45) is 0 Å². The molecule has 2 fully saturated rings. The van der Waals surface area contributed by atoms with Gasteiger partial charge in [0.25, 0.3) is 11.8 Å². The molecule has 1 spiro atoms. The van der Waals surface area contributed by atoms with Crippen molar-refractivity contribution in [3.63, 3.8) is 0 Å². The number of rotatable bonds is 2. The van der Waals surface area contributed by atoms with Gasteiger partial charge in [-0.3, -0.25) is 9.59 Å². The zero-order chi connectivity index (χ0) is 22.5. The Morgan fingerprint density at radius 2 is 1.81 bits per heavy atom. The lowest BCUT2D eigenvalue weighted by Crippen LogP contribution is -2.58. The smallest absolute Gasteiger partial charge is 0.270 e. The molecular weight excluding hydrogens is 413 g/mol. The van der Waals surface area contributed by atoms with Crippen molar-refractivity contribution in [2.45, 2.75) is 32.3 Å². The van der Waals surface area contributed by atoms with Crippen molar-refractivity contribution in [1.82, 2.24) is 14.8 Å². The van der Waals surface area contributed by atoms with Gasteiger partial charge in [0.1, 0.15) is 23.0 Å². The Morgan fingerprint density at radius 1 is 1.03 bits per heavy atom. The number of carbonyl (C=O) groups excluding carboxylic acids is 2. The SMILES string of the molecule is Cc1cc(C(=O)N2CCC3(CC2)CN(C(=O)c2cc4cc(F)ccc4[nH]2)CCO3)c(C)o1. The second-order valence-corrected chi connectivity index (χ2v) is 8.79. The number of amides is 2. The monoisotopic (exact) mass is 439 g/mol. The zero-order valence-electron chi connectivity index (χ0n) is 18.2. The third-order valence-corrected chi connectivity index (χ3v) is 6.58. The lowest BCUT2D eigenvalue weighted by Gasteiger charge is -2.47. The Hall–Kier alpha value is -3.13. The fourth-order valence-electron chi connectivity index (χ4n) is 4.84. The normalized spacial score (nSPS) is 18.5. The van der Waals surface area contributed by atoms with Gasteiger partial charge in [0.2, 0.25) is 0 Å². The number of piperidine rings is 1. The number of fused-ring (bicyclic) bond motifs is 1. The van der Waals surface area contributed by atoms with E-state index in [9.17, 15) is 14.0 Å². The molecule has 2 aliphatic heterocycles. The number of carbonyl (C=O) groups is 2. The number of nitrogens with one attached hydrogen (secondary N) is 1. The van der Waals surface area contributed by atoms with Gasteiger partial charge in [-0.2, -0.15) is 0 Å². The highest BCUT2D eigenvalue weighted by Crippen LogP contribution is 2.32. The molecule has 1 aromatic carbocycles. The van der Waals surface area contributed by atoms with E-state index in [4.69, 9.17) is 9.15 Å². The standard InChI is InChI=1S/C24H26FN3O4/c1-15-11-19(16(2)32-15)22(29)27-7-5-24(6-8-27)14-28(9-10-31-24)23(30)21-13-17-12-18(25)3-4-20(17)26-21/h3-4,11-13,26H,5-10,14H2,1-2H3. The van der Waals surface area contributed by atoms with E-state index in [0.717, 1.165) is 11.3 Å². The van der Waals surface area contributed by atoms with Crippen LogP contribution in [-0.2, 0) is 4.74 Å². The summed E-state index contributed by atoms with van der Waals surface area (Å²) < 4.78 is 25.2. The van der Waals surface area contributed by atoms with Gasteiger partial charge in [0, 0.05) is 30.5 Å². The van der Waals surface area contributed by atoms with Gasteiger partial charge >= 0.3 is 0 Å². The number of aromatic amines is 1. The lowest BCUT2D eigenvalue weighted by atomic mass is 9.89. The maximum Gasteiger partial charge on any atom is 0.270 e. The van der Waals surface area contributed by atoms with Gasteiger partial charge < -0.3 is 23.9 Å². The summed E-state index contributed by atoms with van der Waals surface area (Å²) in [4.78, 5) is 32.8. The van der Waals surface area contributed by atoms with Gasteiger partial charge in [-0.05, 0) is 57.0 Å². The van der Waals surface area contributed by atoms with Crippen molar-refractivity contribution in [3.8, 4) is 0 Å². The molecule has 4 heterocycles. The first-order valence-corrected chi connectivity index (χ1v) is 10.9. The largest absolute Gasteiger partial charge is 0.466 e. The van der Waals surface area contributed by atoms with E-state index >= 15 is 0 Å². The minimum atomic E-state index is -0.454. The van der Waals surface area contributed by atoms with Crippen molar-refractivity contribution >= 4 is 22.7 Å². The van der Waals surface area contributed by atoms with Crippen LogP contribution in [-0.4, -0.2) is 65.0 Å². The van der Waals surface area contributed by atoms with Gasteiger partial charge in [0.05, 0.1) is 24.3 Å². The van der Waals surface area contributed by atoms with E-state index in [-0.39, 0.29) is 17.6 Å². The fraction of sp³-hybridized carbons (Fsp3) is 0.417. The number of morpholine rings is 1. The van der Waals surface area contributed by atoms with E-state index < -0.39 is 5.60 Å². The number of furan rings is 1. The number of aryl methyl sites for hydroxylation is 2. The number of benzene rings is 1. The molecular formula is C24H26FN3O4. The lowest BCUT2D eigenvalue weighted by molar-refractivity contribution is -0.123. The number of hydrogen-bond acceptors (Lipinski definition) is 4. The van der Waals surface area contributed by atoms with Gasteiger partial charge in [-0.25, -0.2) is 4.39 Å². The molecule has 0 saturated carbocycles. The highest BCUT2D eigenvalue weighted by molar-refractivity contribution is 5.98. The van der Waals surface area contributed by atoms with Crippen LogP contribution in [0.25, 0.3) is 10.9 Å². The summed E-state index contributed by atoms with van der Waals surface area (Å²) in [6.45, 7) is 6.20. The fourth-order valence-corrected chi connectivity index (χ4v) is 4.84. The highest BCUT2D eigenvalue weighted by atomic mass is 19.1. The molecule has 0 radical (unpaired) electrons. The minimum absolute atomic E-state index is 0.0248. The number of likely N-dealkylation sites (tertiary alicyclic amines) is 1. The van der Waals surface area contributed by atoms with Crippen LogP contribution < -0.4 is 0 Å². The van der Waals surface area contributed by atoms with Crippen LogP contribution in [0.15, 0.2) is 34.7 Å². The summed E-state index contributed by atoms with van der Waals surface area (Å²) in [5.74, 6) is 0.888. The van der Waals surface area contributed by atoms with Crippen LogP contribution in [0.5, 0.6) is 0 Å². The maximum absolute atomic E-state index is 13.5. The molecule has 2 amide bonds. The third-order valence-electron chi connectivity index (χ3n) is 6.58. The number of halogens is 1. The predicted molar refractivity (Wildman–Crippen MR) is 116 cm³/mol. The van der Waals surface area contributed by atoms with Crippen LogP contribution in [0.1, 0.15) is 45.2 Å². The molecule has 2 aliphatic rings. The highest BCUT2D eigenvalue weighted by Gasteiger charge is 2.42. The first kappa shape index (κ1) is 20.8. The van der Waals surface area contributed by atoms with Crippen LogP contribution in [0.3, 0.4) is 0 Å². The van der Waals surface area contributed by atoms with E-state index in [2.05, 4.69) is 4.98 Å². The van der Waals surface area contributed by atoms with Gasteiger partial charge in [-0.1, -0.05) is 0 Å². The van der Waals surface area contributed by atoms with Crippen molar-refractivity contribution in [2.75, 3.05) is 32.8 Å². The third kappa shape index (κ3) is 3.68. The molecule has 8 heteroatoms. The Kier molecular flexibility index (Phi) is 5.04. The number of nitrogens with zero attached hydrogens (tertiary/aromatic N) is 2. The van der Waals surface area contributed by atoms with Crippen LogP contribution in [0, 0.1) is 19.7 Å². The number of H-pyrrole nitrogens is 1. The van der Waals surface area contributed by atoms with E-state index in [0.29, 0.717) is 68.0 Å². The molecule has 2 saturated heterocycles. The molecule has 0 bridgehead atoms. The van der Waals surface area contributed by atoms with Crippen molar-refractivity contribution in [3.05, 3.63) is 58.9 Å². The minimum Gasteiger partial charge on any atom is -0.466 e. The molecule has 2 aromatic heterocycles. The van der Waals surface area contributed by atoms with Crippen LogP contribution in [0.4, 0.5) is 4.39 Å². The molecule has 0 unspecified atom stereocenters. The van der Waals surface area contributed by atoms with Gasteiger partial charge in [-0.15, -0.1) is 0 Å². The molecule has 168 valence electrons. The molecule has 32 heavy (non-hydrogen) atoms. The summed E-state index contributed by atoms with van der Waals surface area (Å²) >= 11 is 0. The first-order valence-electron chi connectivity index (χ1n) is 10.9. The quantitative estimate of drug-likeness (QED) is 0.661. The summed E-state index contributed by atoms with van der Waals surface area (Å²) in [5, 5.41) is 0.674. The first-order chi connectivity index (χ1) is 15.3. The number of aromatic nitrogens is 1. The molecule has 5 rings (SSSR count). The zero-order valence-corrected chi connectivity index (χ0v) is 18.2. The summed E-state index contributed by atoms with van der Waals surface area (Å²) in [6, 6.07) is 7.90. The Morgan fingerprint density at radius 3 is 2.53 bits per heavy atom. The number of hydrogen-bond donors (Lipinski definition) is 1. The van der Waals surface area contributed by atoms with Gasteiger partial charge in [0.15, 0.2) is 0 Å². The summed E-state index contributed by atoms with van der Waals surface area (Å²) in [7, 11) is 0. The average molecular weight is 439 g/mol. The van der Waals surface area contributed by atoms with Crippen molar-refractivity contribution in [1.29, 1.82) is 0 Å². The van der Waals surface area contributed by atoms with Crippen LogP contribution >= 0.6 is 0 Å². The van der Waals surface area contributed by atoms with E-state index in [1.54, 1.807) is 30.0 Å². The second kappa shape index (κ2) is 7.78. The summed E-state index contributed by atoms with van der Waals surface area (Å²) in [6.07, 6.45) is 1.33. The molecule has 0 atom stereocenters. The predicted octanol–water partition coefficient (Wildman–Crippen LogP) is 3.66. The Labute approximate surface area is 185 Å².